The van der Waals surface area contributed by atoms with Crippen LogP contribution in [0, 0.1) is 6.92 Å². The number of carbonyl (C=O) groups is 1. The van der Waals surface area contributed by atoms with Crippen molar-refractivity contribution in [2.45, 2.75) is 38.2 Å². The Bertz CT molecular complexity index is 725. The van der Waals surface area contributed by atoms with E-state index in [9.17, 15) is 9.90 Å². The molecule has 2 aromatic rings. The summed E-state index contributed by atoms with van der Waals surface area (Å²) < 4.78 is 5.97. The number of hydrogen-bond acceptors (Lipinski definition) is 4. The number of hydrogen-bond donors (Lipinski definition) is 1. The van der Waals surface area contributed by atoms with Crippen molar-refractivity contribution < 1.29 is 14.6 Å². The van der Waals surface area contributed by atoms with E-state index in [1.807, 2.05) is 13.0 Å². The molecule has 0 spiro atoms. The molecule has 1 aromatic heterocycles. The molecule has 0 radical (unpaired) electrons. The second kappa shape index (κ2) is 8.32. The van der Waals surface area contributed by atoms with Gasteiger partial charge in [0.2, 0.25) is 5.60 Å². The van der Waals surface area contributed by atoms with Crippen LogP contribution in [-0.2, 0) is 11.2 Å². The number of pyridine rings is 1. The Morgan fingerprint density at radius 1 is 1.19 bits per heavy atom. The molecule has 2 heterocycles. The van der Waals surface area contributed by atoms with Gasteiger partial charge in [0.05, 0.1) is 5.69 Å². The molecule has 0 bridgehead atoms. The van der Waals surface area contributed by atoms with Crippen LogP contribution in [0.2, 0.25) is 0 Å². The van der Waals surface area contributed by atoms with Gasteiger partial charge in [0.1, 0.15) is 5.75 Å². The van der Waals surface area contributed by atoms with Gasteiger partial charge in [-0.25, -0.2) is 4.79 Å². The standard InChI is InChI=1S/C21H26N2O3/c1-17-19(10-5-13-22-17)26-21(20(24)25)11-15-23(16-12-21)14-6-9-18-7-3-2-4-8-18/h2-5,7-8,10,13H,6,9,11-12,14-16H2,1H3,(H,24,25). The smallest absolute Gasteiger partial charge is 0.348 e. The van der Waals surface area contributed by atoms with Gasteiger partial charge in [0.15, 0.2) is 0 Å². The van der Waals surface area contributed by atoms with E-state index < -0.39 is 11.6 Å². The summed E-state index contributed by atoms with van der Waals surface area (Å²) >= 11 is 0. The lowest BCUT2D eigenvalue weighted by molar-refractivity contribution is -0.159. The van der Waals surface area contributed by atoms with Crippen LogP contribution in [0.15, 0.2) is 48.7 Å². The minimum Gasteiger partial charge on any atom is -0.478 e. The fourth-order valence-corrected chi connectivity index (χ4v) is 3.44. The van der Waals surface area contributed by atoms with Crippen LogP contribution in [0.1, 0.15) is 30.5 Å². The number of ether oxygens (including phenoxy) is 1. The highest BCUT2D eigenvalue weighted by molar-refractivity contribution is 5.78. The molecule has 1 aliphatic heterocycles. The molecule has 1 fully saturated rings. The lowest BCUT2D eigenvalue weighted by Gasteiger charge is -2.39. The largest absolute Gasteiger partial charge is 0.478 e. The Balaban J connectivity index is 1.54. The number of benzene rings is 1. The van der Waals surface area contributed by atoms with E-state index in [1.54, 1.807) is 18.3 Å². The number of aryl methyl sites for hydroxylation is 2. The monoisotopic (exact) mass is 354 g/mol. The van der Waals surface area contributed by atoms with E-state index in [0.717, 1.165) is 38.2 Å². The Labute approximate surface area is 154 Å². The van der Waals surface area contributed by atoms with Crippen molar-refractivity contribution in [1.29, 1.82) is 0 Å². The average Bonchev–Trinajstić information content (AvgIpc) is 2.66. The number of likely N-dealkylation sites (tertiary alicyclic amines) is 1. The molecule has 5 nitrogen and oxygen atoms in total. The molecule has 138 valence electrons. The number of rotatable bonds is 7. The summed E-state index contributed by atoms with van der Waals surface area (Å²) in [6.45, 7) is 4.29. The first-order valence-electron chi connectivity index (χ1n) is 9.19. The Morgan fingerprint density at radius 3 is 2.58 bits per heavy atom. The third-order valence-corrected chi connectivity index (χ3v) is 5.10. The second-order valence-corrected chi connectivity index (χ2v) is 6.92. The fraction of sp³-hybridized carbons (Fsp3) is 0.429. The molecule has 1 N–H and O–H groups in total. The Morgan fingerprint density at radius 2 is 1.92 bits per heavy atom. The van der Waals surface area contributed by atoms with Gasteiger partial charge in [0, 0.05) is 32.1 Å². The van der Waals surface area contributed by atoms with Crippen LogP contribution in [-0.4, -0.2) is 46.2 Å². The van der Waals surface area contributed by atoms with E-state index in [-0.39, 0.29) is 0 Å². The lowest BCUT2D eigenvalue weighted by atomic mass is 9.90. The van der Waals surface area contributed by atoms with Gasteiger partial charge in [-0.3, -0.25) is 4.98 Å². The van der Waals surface area contributed by atoms with Crippen molar-refractivity contribution in [2.75, 3.05) is 19.6 Å². The van der Waals surface area contributed by atoms with Gasteiger partial charge >= 0.3 is 5.97 Å². The predicted molar refractivity (Wildman–Crippen MR) is 100 cm³/mol. The molecule has 26 heavy (non-hydrogen) atoms. The molecule has 0 saturated carbocycles. The first-order valence-corrected chi connectivity index (χ1v) is 9.19. The third kappa shape index (κ3) is 4.41. The maximum Gasteiger partial charge on any atom is 0.348 e. The summed E-state index contributed by atoms with van der Waals surface area (Å²) in [6, 6.07) is 14.0. The molecule has 0 unspecified atom stereocenters. The van der Waals surface area contributed by atoms with Crippen LogP contribution in [0.4, 0.5) is 0 Å². The van der Waals surface area contributed by atoms with Crippen molar-refractivity contribution in [3.63, 3.8) is 0 Å². The molecule has 0 amide bonds. The number of carboxylic acids is 1. The highest BCUT2D eigenvalue weighted by Gasteiger charge is 2.44. The molecule has 3 rings (SSSR count). The summed E-state index contributed by atoms with van der Waals surface area (Å²) in [7, 11) is 0. The molecule has 1 aliphatic rings. The molecule has 5 heteroatoms. The minimum atomic E-state index is -1.15. The summed E-state index contributed by atoms with van der Waals surface area (Å²) in [5.74, 6) is -0.322. The second-order valence-electron chi connectivity index (χ2n) is 6.92. The van der Waals surface area contributed by atoms with Crippen LogP contribution < -0.4 is 4.74 Å². The van der Waals surface area contributed by atoms with E-state index in [0.29, 0.717) is 18.6 Å². The molecule has 0 aliphatic carbocycles. The summed E-state index contributed by atoms with van der Waals surface area (Å²) in [5, 5.41) is 9.79. The van der Waals surface area contributed by atoms with E-state index in [1.165, 1.54) is 5.56 Å². The van der Waals surface area contributed by atoms with Crippen LogP contribution in [0.5, 0.6) is 5.75 Å². The minimum absolute atomic E-state index is 0.488. The fourth-order valence-electron chi connectivity index (χ4n) is 3.44. The SMILES string of the molecule is Cc1ncccc1OC1(C(=O)O)CCN(CCCc2ccccc2)CC1. The van der Waals surface area contributed by atoms with Crippen molar-refractivity contribution in [2.24, 2.45) is 0 Å². The zero-order valence-corrected chi connectivity index (χ0v) is 15.2. The Hall–Kier alpha value is -2.40. The van der Waals surface area contributed by atoms with E-state index in [4.69, 9.17) is 4.74 Å². The molecular formula is C21H26N2O3. The maximum absolute atomic E-state index is 11.9. The van der Waals surface area contributed by atoms with Crippen molar-refractivity contribution in [3.05, 3.63) is 59.9 Å². The first kappa shape index (κ1) is 18.4. The van der Waals surface area contributed by atoms with Gasteiger partial charge < -0.3 is 14.7 Å². The van der Waals surface area contributed by atoms with Gasteiger partial charge in [-0.1, -0.05) is 30.3 Å². The number of aromatic nitrogens is 1. The molecule has 1 aromatic carbocycles. The highest BCUT2D eigenvalue weighted by atomic mass is 16.5. The first-order chi connectivity index (χ1) is 12.6. The number of carboxylic acid groups (broad SMARTS) is 1. The Kier molecular flexibility index (Phi) is 5.89. The van der Waals surface area contributed by atoms with Gasteiger partial charge in [-0.05, 0) is 44.0 Å². The quantitative estimate of drug-likeness (QED) is 0.826. The number of aliphatic carboxylic acids is 1. The molecule has 0 atom stereocenters. The third-order valence-electron chi connectivity index (χ3n) is 5.10. The van der Waals surface area contributed by atoms with E-state index in [2.05, 4.69) is 34.1 Å². The topological polar surface area (TPSA) is 62.7 Å². The summed E-state index contributed by atoms with van der Waals surface area (Å²) in [4.78, 5) is 18.5. The van der Waals surface area contributed by atoms with Crippen LogP contribution in [0.3, 0.4) is 0 Å². The zero-order chi connectivity index (χ0) is 18.4. The predicted octanol–water partition coefficient (Wildman–Crippen LogP) is 3.32. The molecule has 1 saturated heterocycles. The van der Waals surface area contributed by atoms with Crippen LogP contribution >= 0.6 is 0 Å². The zero-order valence-electron chi connectivity index (χ0n) is 15.2. The van der Waals surface area contributed by atoms with E-state index >= 15 is 0 Å². The summed E-state index contributed by atoms with van der Waals surface area (Å²) in [5.41, 5.74) is 0.919. The lowest BCUT2D eigenvalue weighted by Crippen LogP contribution is -2.53. The maximum atomic E-state index is 11.9. The van der Waals surface area contributed by atoms with Gasteiger partial charge in [-0.2, -0.15) is 0 Å². The van der Waals surface area contributed by atoms with Crippen LogP contribution in [0.25, 0.3) is 0 Å². The number of piperidine rings is 1. The molecular weight excluding hydrogens is 328 g/mol. The summed E-state index contributed by atoms with van der Waals surface area (Å²) in [6.07, 6.45) is 4.79. The van der Waals surface area contributed by atoms with Crippen molar-refractivity contribution in [3.8, 4) is 5.75 Å². The van der Waals surface area contributed by atoms with Crippen molar-refractivity contribution >= 4 is 5.97 Å². The van der Waals surface area contributed by atoms with Gasteiger partial charge in [-0.15, -0.1) is 0 Å². The average molecular weight is 354 g/mol. The highest BCUT2D eigenvalue weighted by Crippen LogP contribution is 2.30. The van der Waals surface area contributed by atoms with Crippen molar-refractivity contribution in [1.82, 2.24) is 9.88 Å². The normalized spacial score (nSPS) is 17.0. The van der Waals surface area contributed by atoms with Gasteiger partial charge in [0.25, 0.3) is 0 Å². The number of nitrogens with zero attached hydrogens (tertiary/aromatic N) is 2.